The zero-order valence-electron chi connectivity index (χ0n) is 11.3. The van der Waals surface area contributed by atoms with Crippen LogP contribution in [-0.2, 0) is 9.53 Å². The van der Waals surface area contributed by atoms with Gasteiger partial charge in [0.1, 0.15) is 0 Å². The number of methoxy groups -OCH3 is 1. The Labute approximate surface area is 104 Å². The van der Waals surface area contributed by atoms with Gasteiger partial charge in [-0.15, -0.1) is 0 Å². The standard InChI is InChI=1S/C14H25NO2/c1-10(2)11-5-4-6-14(7-11)9-15-8-12(14)13(16)17-3/h10-12,15H,4-9H2,1-3H3. The summed E-state index contributed by atoms with van der Waals surface area (Å²) in [7, 11) is 1.51. The van der Waals surface area contributed by atoms with E-state index in [0.29, 0.717) is 0 Å². The van der Waals surface area contributed by atoms with Crippen LogP contribution in [0.5, 0.6) is 0 Å². The molecular formula is C14H25NO2. The molecule has 0 aromatic rings. The Morgan fingerprint density at radius 1 is 1.47 bits per heavy atom. The van der Waals surface area contributed by atoms with Crippen LogP contribution >= 0.6 is 0 Å². The molecule has 0 radical (unpaired) electrons. The van der Waals surface area contributed by atoms with Crippen LogP contribution in [0.15, 0.2) is 0 Å². The van der Waals surface area contributed by atoms with E-state index in [9.17, 15) is 4.79 Å². The summed E-state index contributed by atoms with van der Waals surface area (Å²) >= 11 is 0. The summed E-state index contributed by atoms with van der Waals surface area (Å²) in [5, 5.41) is 3.41. The normalized spacial score (nSPS) is 37.6. The Bertz CT molecular complexity index is 290. The van der Waals surface area contributed by atoms with E-state index in [-0.39, 0.29) is 17.3 Å². The van der Waals surface area contributed by atoms with Crippen molar-refractivity contribution in [3.05, 3.63) is 0 Å². The topological polar surface area (TPSA) is 38.3 Å². The lowest BCUT2D eigenvalue weighted by Crippen LogP contribution is -2.40. The lowest BCUT2D eigenvalue weighted by atomic mass is 9.62. The van der Waals surface area contributed by atoms with Crippen molar-refractivity contribution in [2.45, 2.75) is 39.5 Å². The highest BCUT2D eigenvalue weighted by Crippen LogP contribution is 2.48. The molecule has 3 nitrogen and oxygen atoms in total. The Morgan fingerprint density at radius 3 is 2.88 bits per heavy atom. The first-order chi connectivity index (χ1) is 8.09. The van der Waals surface area contributed by atoms with E-state index in [1.807, 2.05) is 0 Å². The fourth-order valence-electron chi connectivity index (χ4n) is 3.77. The van der Waals surface area contributed by atoms with Gasteiger partial charge in [-0.05, 0) is 30.1 Å². The summed E-state index contributed by atoms with van der Waals surface area (Å²) in [6.07, 6.45) is 4.96. The predicted octanol–water partition coefficient (Wildman–Crippen LogP) is 2.21. The van der Waals surface area contributed by atoms with Gasteiger partial charge in [-0.1, -0.05) is 26.7 Å². The van der Waals surface area contributed by atoms with Gasteiger partial charge in [0.25, 0.3) is 0 Å². The number of rotatable bonds is 2. The number of carbonyl (C=O) groups is 1. The van der Waals surface area contributed by atoms with Crippen LogP contribution in [-0.4, -0.2) is 26.2 Å². The van der Waals surface area contributed by atoms with E-state index < -0.39 is 0 Å². The van der Waals surface area contributed by atoms with Gasteiger partial charge in [-0.2, -0.15) is 0 Å². The molecule has 3 heteroatoms. The molecule has 2 fully saturated rings. The van der Waals surface area contributed by atoms with Gasteiger partial charge in [-0.25, -0.2) is 0 Å². The quantitative estimate of drug-likeness (QED) is 0.751. The summed E-state index contributed by atoms with van der Waals surface area (Å²) in [4.78, 5) is 11.9. The Hall–Kier alpha value is -0.570. The number of carbonyl (C=O) groups excluding carboxylic acids is 1. The fraction of sp³-hybridized carbons (Fsp3) is 0.929. The van der Waals surface area contributed by atoms with Crippen molar-refractivity contribution in [3.63, 3.8) is 0 Å². The summed E-state index contributed by atoms with van der Waals surface area (Å²) in [6.45, 7) is 6.41. The lowest BCUT2D eigenvalue weighted by molar-refractivity contribution is -0.149. The van der Waals surface area contributed by atoms with Crippen LogP contribution in [0.2, 0.25) is 0 Å². The highest BCUT2D eigenvalue weighted by Gasteiger charge is 2.49. The number of nitrogens with one attached hydrogen (secondary N) is 1. The van der Waals surface area contributed by atoms with Crippen molar-refractivity contribution in [1.82, 2.24) is 5.32 Å². The highest BCUT2D eigenvalue weighted by molar-refractivity contribution is 5.74. The van der Waals surface area contributed by atoms with Crippen LogP contribution in [0.3, 0.4) is 0 Å². The minimum atomic E-state index is -0.0144. The van der Waals surface area contributed by atoms with Crippen molar-refractivity contribution in [2.24, 2.45) is 23.2 Å². The molecule has 1 saturated carbocycles. The van der Waals surface area contributed by atoms with E-state index in [1.165, 1.54) is 32.8 Å². The summed E-state index contributed by atoms with van der Waals surface area (Å²) in [5.74, 6) is 1.57. The van der Waals surface area contributed by atoms with Crippen molar-refractivity contribution in [3.8, 4) is 0 Å². The smallest absolute Gasteiger partial charge is 0.310 e. The van der Waals surface area contributed by atoms with Crippen LogP contribution in [0.25, 0.3) is 0 Å². The second-order valence-corrected chi connectivity index (χ2v) is 6.17. The van der Waals surface area contributed by atoms with Crippen molar-refractivity contribution >= 4 is 5.97 Å². The molecule has 1 aliphatic carbocycles. The molecule has 1 N–H and O–H groups in total. The minimum absolute atomic E-state index is 0.0144. The maximum absolute atomic E-state index is 11.9. The van der Waals surface area contributed by atoms with Gasteiger partial charge in [-0.3, -0.25) is 4.79 Å². The average Bonchev–Trinajstić information content (AvgIpc) is 2.71. The zero-order chi connectivity index (χ0) is 12.5. The number of hydrogen-bond acceptors (Lipinski definition) is 3. The molecule has 17 heavy (non-hydrogen) atoms. The second-order valence-electron chi connectivity index (χ2n) is 6.17. The molecule has 1 saturated heterocycles. The molecule has 1 spiro atoms. The molecule has 2 aliphatic rings. The van der Waals surface area contributed by atoms with Crippen LogP contribution in [0, 0.1) is 23.2 Å². The first kappa shape index (κ1) is 12.9. The molecule has 2 rings (SSSR count). The molecular weight excluding hydrogens is 214 g/mol. The zero-order valence-corrected chi connectivity index (χ0v) is 11.3. The maximum atomic E-state index is 11.9. The third-order valence-electron chi connectivity index (χ3n) is 4.91. The third kappa shape index (κ3) is 2.35. The van der Waals surface area contributed by atoms with Crippen molar-refractivity contribution < 1.29 is 9.53 Å². The minimum Gasteiger partial charge on any atom is -0.469 e. The van der Waals surface area contributed by atoms with Crippen molar-refractivity contribution in [2.75, 3.05) is 20.2 Å². The predicted molar refractivity (Wildman–Crippen MR) is 67.6 cm³/mol. The average molecular weight is 239 g/mol. The largest absolute Gasteiger partial charge is 0.469 e. The summed E-state index contributed by atoms with van der Waals surface area (Å²) in [5.41, 5.74) is 0.181. The van der Waals surface area contributed by atoms with E-state index in [2.05, 4.69) is 19.2 Å². The molecule has 0 aromatic carbocycles. The van der Waals surface area contributed by atoms with E-state index in [0.717, 1.165) is 24.9 Å². The van der Waals surface area contributed by atoms with E-state index >= 15 is 0 Å². The molecule has 1 heterocycles. The van der Waals surface area contributed by atoms with Crippen LogP contribution in [0.4, 0.5) is 0 Å². The van der Waals surface area contributed by atoms with E-state index in [4.69, 9.17) is 4.74 Å². The third-order valence-corrected chi connectivity index (χ3v) is 4.91. The number of ether oxygens (including phenoxy) is 1. The first-order valence-electron chi connectivity index (χ1n) is 6.87. The number of hydrogen-bond donors (Lipinski definition) is 1. The Morgan fingerprint density at radius 2 is 2.24 bits per heavy atom. The lowest BCUT2D eigenvalue weighted by Gasteiger charge is -2.42. The Kier molecular flexibility index (Phi) is 3.76. The SMILES string of the molecule is COC(=O)C1CNCC12CCCC(C(C)C)C2. The Balaban J connectivity index is 2.13. The molecule has 0 bridgehead atoms. The molecule has 3 unspecified atom stereocenters. The monoisotopic (exact) mass is 239 g/mol. The highest BCUT2D eigenvalue weighted by atomic mass is 16.5. The van der Waals surface area contributed by atoms with Gasteiger partial charge in [0.15, 0.2) is 0 Å². The summed E-state index contributed by atoms with van der Waals surface area (Å²) < 4.78 is 4.98. The fourth-order valence-corrected chi connectivity index (χ4v) is 3.77. The molecule has 0 aromatic heterocycles. The maximum Gasteiger partial charge on any atom is 0.310 e. The van der Waals surface area contributed by atoms with Crippen LogP contribution < -0.4 is 5.32 Å². The first-order valence-corrected chi connectivity index (χ1v) is 6.87. The molecule has 98 valence electrons. The van der Waals surface area contributed by atoms with Gasteiger partial charge < -0.3 is 10.1 Å². The van der Waals surface area contributed by atoms with Gasteiger partial charge in [0, 0.05) is 13.1 Å². The van der Waals surface area contributed by atoms with Crippen molar-refractivity contribution in [1.29, 1.82) is 0 Å². The van der Waals surface area contributed by atoms with Gasteiger partial charge >= 0.3 is 5.97 Å². The molecule has 0 amide bonds. The van der Waals surface area contributed by atoms with Gasteiger partial charge in [0.2, 0.25) is 0 Å². The van der Waals surface area contributed by atoms with Crippen LogP contribution in [0.1, 0.15) is 39.5 Å². The molecule has 3 atom stereocenters. The van der Waals surface area contributed by atoms with E-state index in [1.54, 1.807) is 0 Å². The number of esters is 1. The van der Waals surface area contributed by atoms with Gasteiger partial charge in [0.05, 0.1) is 13.0 Å². The summed E-state index contributed by atoms with van der Waals surface area (Å²) in [6, 6.07) is 0. The molecule has 1 aliphatic heterocycles. The second kappa shape index (κ2) is 4.97.